The van der Waals surface area contributed by atoms with Gasteiger partial charge >= 0.3 is 0 Å². The van der Waals surface area contributed by atoms with Crippen molar-refractivity contribution in [2.24, 2.45) is 5.92 Å². The molecule has 0 radical (unpaired) electrons. The van der Waals surface area contributed by atoms with E-state index in [1.165, 1.54) is 33.5 Å². The van der Waals surface area contributed by atoms with Gasteiger partial charge in [-0.3, -0.25) is 0 Å². The van der Waals surface area contributed by atoms with Crippen LogP contribution in [0.15, 0.2) is 42.5 Å². The standard InChI is InChI=1S/C24H29NO/c1-15(2)10-13-21-23-18(17-8-6-7-9-20(17)26-21)11-12-19-22(23)16(3)14-24(4,5)25-19/h6-9,11-12,14-15,21,25H,10,13H2,1-5H3/t21-/m1/s1. The number of hydrogen-bond donors (Lipinski definition) is 1. The molecule has 0 spiro atoms. The highest BCUT2D eigenvalue weighted by atomic mass is 16.5. The highest BCUT2D eigenvalue weighted by Crippen LogP contribution is 2.50. The first-order valence-electron chi connectivity index (χ1n) is 9.77. The van der Waals surface area contributed by atoms with Crippen molar-refractivity contribution >= 4 is 11.3 Å². The molecule has 2 heterocycles. The van der Waals surface area contributed by atoms with Crippen LogP contribution in [0.25, 0.3) is 16.7 Å². The fourth-order valence-electron chi connectivity index (χ4n) is 4.41. The van der Waals surface area contributed by atoms with E-state index in [1.54, 1.807) is 0 Å². The molecule has 1 atom stereocenters. The van der Waals surface area contributed by atoms with Crippen molar-refractivity contribution in [3.63, 3.8) is 0 Å². The lowest BCUT2D eigenvalue weighted by Gasteiger charge is -2.37. The Hall–Kier alpha value is -2.22. The molecular weight excluding hydrogens is 318 g/mol. The van der Waals surface area contributed by atoms with Gasteiger partial charge in [0.2, 0.25) is 0 Å². The summed E-state index contributed by atoms with van der Waals surface area (Å²) in [7, 11) is 0. The number of benzene rings is 2. The van der Waals surface area contributed by atoms with E-state index in [0.29, 0.717) is 5.92 Å². The summed E-state index contributed by atoms with van der Waals surface area (Å²) in [6.45, 7) is 11.3. The second-order valence-corrected chi connectivity index (χ2v) is 8.70. The molecule has 0 unspecified atom stereocenters. The fourth-order valence-corrected chi connectivity index (χ4v) is 4.41. The zero-order chi connectivity index (χ0) is 18.5. The van der Waals surface area contributed by atoms with Crippen molar-refractivity contribution in [1.82, 2.24) is 0 Å². The average Bonchev–Trinajstić information content (AvgIpc) is 2.57. The lowest BCUT2D eigenvalue weighted by molar-refractivity contribution is 0.182. The third kappa shape index (κ3) is 2.92. The molecule has 2 heteroatoms. The number of nitrogens with one attached hydrogen (secondary N) is 1. The minimum atomic E-state index is -0.0216. The van der Waals surface area contributed by atoms with E-state index in [-0.39, 0.29) is 11.6 Å². The lowest BCUT2D eigenvalue weighted by Crippen LogP contribution is -2.32. The third-order valence-corrected chi connectivity index (χ3v) is 5.45. The van der Waals surface area contributed by atoms with Crippen molar-refractivity contribution in [3.05, 3.63) is 53.6 Å². The van der Waals surface area contributed by atoms with Gasteiger partial charge in [0, 0.05) is 22.4 Å². The molecule has 2 aromatic carbocycles. The molecule has 0 saturated heterocycles. The van der Waals surface area contributed by atoms with E-state index in [2.05, 4.69) is 82.4 Å². The molecule has 4 rings (SSSR count). The van der Waals surface area contributed by atoms with Crippen LogP contribution in [0.2, 0.25) is 0 Å². The normalized spacial score (nSPS) is 19.6. The van der Waals surface area contributed by atoms with Crippen LogP contribution >= 0.6 is 0 Å². The van der Waals surface area contributed by atoms with E-state index in [0.717, 1.165) is 18.6 Å². The van der Waals surface area contributed by atoms with E-state index in [4.69, 9.17) is 4.74 Å². The average molecular weight is 348 g/mol. The maximum absolute atomic E-state index is 6.52. The Morgan fingerprint density at radius 3 is 2.62 bits per heavy atom. The smallest absolute Gasteiger partial charge is 0.128 e. The molecule has 1 N–H and O–H groups in total. The lowest BCUT2D eigenvalue weighted by atomic mass is 9.81. The van der Waals surface area contributed by atoms with Crippen LogP contribution in [-0.2, 0) is 0 Å². The van der Waals surface area contributed by atoms with Crippen LogP contribution in [0.4, 0.5) is 5.69 Å². The monoisotopic (exact) mass is 347 g/mol. The predicted octanol–water partition coefficient (Wildman–Crippen LogP) is 6.83. The van der Waals surface area contributed by atoms with Gasteiger partial charge in [0.1, 0.15) is 11.9 Å². The Morgan fingerprint density at radius 2 is 1.85 bits per heavy atom. The second-order valence-electron chi connectivity index (χ2n) is 8.70. The molecule has 0 bridgehead atoms. The quantitative estimate of drug-likeness (QED) is 0.657. The third-order valence-electron chi connectivity index (χ3n) is 5.45. The Morgan fingerprint density at radius 1 is 1.08 bits per heavy atom. The van der Waals surface area contributed by atoms with Crippen LogP contribution in [0.1, 0.15) is 64.7 Å². The zero-order valence-electron chi connectivity index (χ0n) is 16.5. The molecule has 0 aromatic heterocycles. The summed E-state index contributed by atoms with van der Waals surface area (Å²) in [4.78, 5) is 0. The molecule has 2 aliphatic rings. The SMILES string of the molecule is CC1=CC(C)(C)Nc2ccc3c(c21)[C@@H](CCC(C)C)Oc1ccccc1-3. The van der Waals surface area contributed by atoms with Gasteiger partial charge in [-0.05, 0) is 62.8 Å². The minimum Gasteiger partial charge on any atom is -0.485 e. The maximum atomic E-state index is 6.52. The molecular formula is C24H29NO. The van der Waals surface area contributed by atoms with Crippen LogP contribution in [0.5, 0.6) is 5.75 Å². The molecule has 2 aromatic rings. The molecule has 26 heavy (non-hydrogen) atoms. The molecule has 0 saturated carbocycles. The van der Waals surface area contributed by atoms with Crippen LogP contribution in [0, 0.1) is 5.92 Å². The molecule has 136 valence electrons. The number of anilines is 1. The first kappa shape index (κ1) is 17.2. The van der Waals surface area contributed by atoms with Gasteiger partial charge in [0.05, 0.1) is 5.54 Å². The molecule has 0 aliphatic carbocycles. The minimum absolute atomic E-state index is 0.0216. The maximum Gasteiger partial charge on any atom is 0.128 e. The van der Waals surface area contributed by atoms with Gasteiger partial charge in [0.15, 0.2) is 0 Å². The summed E-state index contributed by atoms with van der Waals surface area (Å²) in [5.41, 5.74) is 7.79. The zero-order valence-corrected chi connectivity index (χ0v) is 16.5. The van der Waals surface area contributed by atoms with E-state index >= 15 is 0 Å². The van der Waals surface area contributed by atoms with Gasteiger partial charge in [0.25, 0.3) is 0 Å². The van der Waals surface area contributed by atoms with E-state index in [9.17, 15) is 0 Å². The molecule has 0 fully saturated rings. The molecule has 2 aliphatic heterocycles. The topological polar surface area (TPSA) is 21.3 Å². The number of fused-ring (bicyclic) bond motifs is 5. The van der Waals surface area contributed by atoms with Gasteiger partial charge in [-0.15, -0.1) is 0 Å². The summed E-state index contributed by atoms with van der Waals surface area (Å²) in [5.74, 6) is 1.69. The summed E-state index contributed by atoms with van der Waals surface area (Å²) >= 11 is 0. The highest BCUT2D eigenvalue weighted by molar-refractivity contribution is 5.89. The summed E-state index contributed by atoms with van der Waals surface area (Å²) in [5, 5.41) is 3.69. The first-order valence-corrected chi connectivity index (χ1v) is 9.77. The van der Waals surface area contributed by atoms with E-state index < -0.39 is 0 Å². The van der Waals surface area contributed by atoms with Crippen molar-refractivity contribution < 1.29 is 4.74 Å². The number of ether oxygens (including phenoxy) is 1. The number of para-hydroxylation sites is 1. The van der Waals surface area contributed by atoms with Crippen molar-refractivity contribution in [2.75, 3.05) is 5.32 Å². The van der Waals surface area contributed by atoms with Crippen molar-refractivity contribution in [2.45, 2.75) is 59.1 Å². The predicted molar refractivity (Wildman–Crippen MR) is 111 cm³/mol. The van der Waals surface area contributed by atoms with Gasteiger partial charge in [-0.25, -0.2) is 0 Å². The Kier molecular flexibility index (Phi) is 4.10. The van der Waals surface area contributed by atoms with Crippen LogP contribution in [0.3, 0.4) is 0 Å². The van der Waals surface area contributed by atoms with Crippen LogP contribution < -0.4 is 10.1 Å². The van der Waals surface area contributed by atoms with E-state index in [1.807, 2.05) is 0 Å². The number of hydrogen-bond acceptors (Lipinski definition) is 2. The van der Waals surface area contributed by atoms with Crippen molar-refractivity contribution in [1.29, 1.82) is 0 Å². The van der Waals surface area contributed by atoms with Crippen LogP contribution in [-0.4, -0.2) is 5.54 Å². The van der Waals surface area contributed by atoms with Gasteiger partial charge < -0.3 is 10.1 Å². The van der Waals surface area contributed by atoms with Gasteiger partial charge in [-0.2, -0.15) is 0 Å². The Balaban J connectivity index is 1.91. The largest absolute Gasteiger partial charge is 0.485 e. The molecule has 2 nitrogen and oxygen atoms in total. The second kappa shape index (κ2) is 6.19. The Bertz CT molecular complexity index is 876. The van der Waals surface area contributed by atoms with Gasteiger partial charge in [-0.1, -0.05) is 44.2 Å². The van der Waals surface area contributed by atoms with Crippen molar-refractivity contribution in [3.8, 4) is 16.9 Å². The summed E-state index contributed by atoms with van der Waals surface area (Å²) in [6.07, 6.45) is 4.67. The number of rotatable bonds is 3. The number of allylic oxidation sites excluding steroid dienone is 1. The molecule has 0 amide bonds. The fraction of sp³-hybridized carbons (Fsp3) is 0.417. The highest BCUT2D eigenvalue weighted by Gasteiger charge is 2.33. The summed E-state index contributed by atoms with van der Waals surface area (Å²) < 4.78 is 6.52. The first-order chi connectivity index (χ1) is 12.4. The summed E-state index contributed by atoms with van der Waals surface area (Å²) in [6, 6.07) is 13.0. The Labute approximate surface area is 157 Å².